The molecule has 3 aliphatic rings. The Labute approximate surface area is 252 Å². The number of hydrogen-bond donors (Lipinski definition) is 3. The number of benzene rings is 2. The van der Waals surface area contributed by atoms with Crippen LogP contribution in [0.5, 0.6) is 0 Å². The zero-order chi connectivity index (χ0) is 29.9. The van der Waals surface area contributed by atoms with Gasteiger partial charge in [0.15, 0.2) is 0 Å². The second-order valence-corrected chi connectivity index (χ2v) is 12.0. The van der Waals surface area contributed by atoms with Crippen molar-refractivity contribution in [3.8, 4) is 22.4 Å². The van der Waals surface area contributed by atoms with Crippen LogP contribution in [0.15, 0.2) is 65.9 Å². The van der Waals surface area contributed by atoms with Crippen molar-refractivity contribution in [1.29, 1.82) is 0 Å². The van der Waals surface area contributed by atoms with Gasteiger partial charge in [0.1, 0.15) is 11.9 Å². The second kappa shape index (κ2) is 12.6. The number of carbonyl (C=O) groups excluding carboxylic acids is 2. The van der Waals surface area contributed by atoms with Crippen molar-refractivity contribution in [3.05, 3.63) is 72.3 Å². The third-order valence-electron chi connectivity index (χ3n) is 8.84. The molecule has 224 valence electrons. The molecule has 0 saturated carbocycles. The molecule has 2 fully saturated rings. The fourth-order valence-corrected chi connectivity index (χ4v) is 6.37. The molecule has 3 atom stereocenters. The maximum Gasteiger partial charge on any atom is 0.407 e. The molecular weight excluding hydrogens is 540 g/mol. The minimum absolute atomic E-state index is 0.0736. The lowest BCUT2D eigenvalue weighted by molar-refractivity contribution is -0.135. The predicted molar refractivity (Wildman–Crippen MR) is 168 cm³/mol. The molecule has 0 radical (unpaired) electrons. The summed E-state index contributed by atoms with van der Waals surface area (Å²) in [7, 11) is 1.30. The van der Waals surface area contributed by atoms with Gasteiger partial charge in [-0.25, -0.2) is 9.78 Å². The molecule has 1 aromatic heterocycles. The van der Waals surface area contributed by atoms with Crippen molar-refractivity contribution in [1.82, 2.24) is 25.5 Å². The van der Waals surface area contributed by atoms with E-state index in [1.165, 1.54) is 36.8 Å². The van der Waals surface area contributed by atoms with Crippen LogP contribution < -0.4 is 10.6 Å². The first-order valence-corrected chi connectivity index (χ1v) is 15.3. The Kier molecular flexibility index (Phi) is 8.42. The van der Waals surface area contributed by atoms with Gasteiger partial charge in [0.2, 0.25) is 5.91 Å². The van der Waals surface area contributed by atoms with E-state index in [1.54, 1.807) is 0 Å². The van der Waals surface area contributed by atoms with Gasteiger partial charge in [0.25, 0.3) is 0 Å². The first kappa shape index (κ1) is 28.9. The normalized spacial score (nSPS) is 20.7. The Morgan fingerprint density at radius 3 is 2.33 bits per heavy atom. The fraction of sp³-hybridized carbons (Fsp3) is 0.412. The lowest BCUT2D eigenvalue weighted by Gasteiger charge is -2.30. The molecule has 1 unspecified atom stereocenters. The Balaban J connectivity index is 1.11. The van der Waals surface area contributed by atoms with Crippen molar-refractivity contribution in [3.63, 3.8) is 0 Å². The van der Waals surface area contributed by atoms with Crippen LogP contribution in [0.3, 0.4) is 0 Å². The maximum absolute atomic E-state index is 13.4. The molecule has 3 aliphatic heterocycles. The molecule has 2 aromatic carbocycles. The lowest BCUT2D eigenvalue weighted by atomic mass is 9.96. The molecule has 2 amide bonds. The fourth-order valence-electron chi connectivity index (χ4n) is 6.37. The number of carbonyl (C=O) groups is 2. The molecule has 0 aliphatic carbocycles. The van der Waals surface area contributed by atoms with Crippen molar-refractivity contribution >= 4 is 23.3 Å². The number of aliphatic imine (C=N–C) groups is 1. The van der Waals surface area contributed by atoms with E-state index in [0.29, 0.717) is 12.6 Å². The number of allylic oxidation sites excluding steroid dienone is 1. The van der Waals surface area contributed by atoms with Crippen molar-refractivity contribution in [2.75, 3.05) is 20.2 Å². The highest BCUT2D eigenvalue weighted by Gasteiger charge is 2.37. The van der Waals surface area contributed by atoms with Gasteiger partial charge in [-0.1, -0.05) is 62.4 Å². The van der Waals surface area contributed by atoms with Crippen LogP contribution in [0.1, 0.15) is 63.4 Å². The maximum atomic E-state index is 13.4. The highest BCUT2D eigenvalue weighted by molar-refractivity contribution is 6.01. The largest absolute Gasteiger partial charge is 0.453 e. The lowest BCUT2D eigenvalue weighted by Crippen LogP contribution is -2.51. The van der Waals surface area contributed by atoms with E-state index < -0.39 is 12.1 Å². The van der Waals surface area contributed by atoms with Crippen LogP contribution in [0.2, 0.25) is 0 Å². The summed E-state index contributed by atoms with van der Waals surface area (Å²) in [6.07, 6.45) is 8.29. The summed E-state index contributed by atoms with van der Waals surface area (Å²) >= 11 is 0. The van der Waals surface area contributed by atoms with Crippen molar-refractivity contribution in [2.45, 2.75) is 64.1 Å². The second-order valence-electron chi connectivity index (χ2n) is 12.0. The summed E-state index contributed by atoms with van der Waals surface area (Å²) in [5.41, 5.74) is 8.02. The van der Waals surface area contributed by atoms with E-state index >= 15 is 0 Å². The number of alkyl carbamates (subject to hydrolysis) is 1. The van der Waals surface area contributed by atoms with E-state index in [-0.39, 0.29) is 17.9 Å². The molecule has 9 nitrogen and oxygen atoms in total. The summed E-state index contributed by atoms with van der Waals surface area (Å²) in [6.45, 7) is 5.55. The molecule has 3 N–H and O–H groups in total. The van der Waals surface area contributed by atoms with Crippen molar-refractivity contribution in [2.24, 2.45) is 10.9 Å². The van der Waals surface area contributed by atoms with Gasteiger partial charge < -0.3 is 25.3 Å². The summed E-state index contributed by atoms with van der Waals surface area (Å²) in [4.78, 5) is 40.0. The number of rotatable bonds is 8. The van der Waals surface area contributed by atoms with Crippen LogP contribution in [-0.4, -0.2) is 64.9 Å². The van der Waals surface area contributed by atoms with E-state index in [2.05, 4.69) is 69.1 Å². The Morgan fingerprint density at radius 1 is 0.977 bits per heavy atom. The number of aromatic nitrogens is 2. The molecule has 0 bridgehead atoms. The smallest absolute Gasteiger partial charge is 0.407 e. The van der Waals surface area contributed by atoms with Crippen LogP contribution in [0, 0.1) is 5.92 Å². The number of methoxy groups -OCH3 is 1. The number of likely N-dealkylation sites (tertiary alicyclic amines) is 1. The minimum Gasteiger partial charge on any atom is -0.453 e. The van der Waals surface area contributed by atoms with Gasteiger partial charge >= 0.3 is 6.09 Å². The summed E-state index contributed by atoms with van der Waals surface area (Å²) in [5, 5.41) is 6.25. The summed E-state index contributed by atoms with van der Waals surface area (Å²) < 4.78 is 4.74. The van der Waals surface area contributed by atoms with Gasteiger partial charge in [-0.05, 0) is 66.0 Å². The van der Waals surface area contributed by atoms with Gasteiger partial charge in [-0.3, -0.25) is 9.79 Å². The van der Waals surface area contributed by atoms with Crippen LogP contribution in [-0.2, 0) is 9.53 Å². The van der Waals surface area contributed by atoms with Crippen LogP contribution in [0.4, 0.5) is 4.79 Å². The molecule has 9 heteroatoms. The monoisotopic (exact) mass is 580 g/mol. The molecule has 43 heavy (non-hydrogen) atoms. The zero-order valence-electron chi connectivity index (χ0n) is 25.1. The van der Waals surface area contributed by atoms with Gasteiger partial charge in [-0.2, -0.15) is 0 Å². The minimum atomic E-state index is -0.654. The summed E-state index contributed by atoms with van der Waals surface area (Å²) in [5.74, 6) is 0.577. The standard InChI is InChI=1S/C34H40N6O3/c1-21(2)31(39-34(42)43-3)33(41)40-17-5-7-30(40)32-37-20-29(38-32)25-14-12-23(13-15-25)22-8-10-24(11-9-22)26-18-28(36-19-26)27-6-4-16-35-27/h8-15,19-21,27,30-31,35H,4-7,16-18H2,1-3H3,(H,37,38)(H,39,42)/t27-,30?,31-/m0/s1. The molecular formula is C34H40N6O3. The Morgan fingerprint density at radius 2 is 1.67 bits per heavy atom. The molecule has 6 rings (SSSR count). The highest BCUT2D eigenvalue weighted by Crippen LogP contribution is 2.34. The predicted octanol–water partition coefficient (Wildman–Crippen LogP) is 5.73. The van der Waals surface area contributed by atoms with E-state index in [1.807, 2.05) is 31.1 Å². The zero-order valence-corrected chi connectivity index (χ0v) is 25.1. The number of ether oxygens (including phenoxy) is 1. The number of imidazole rings is 1. The van der Waals surface area contributed by atoms with Crippen LogP contribution >= 0.6 is 0 Å². The number of aromatic amines is 1. The first-order chi connectivity index (χ1) is 20.9. The third kappa shape index (κ3) is 6.13. The summed E-state index contributed by atoms with van der Waals surface area (Å²) in [6, 6.07) is 16.8. The average Bonchev–Trinajstić information content (AvgIpc) is 3.86. The van der Waals surface area contributed by atoms with Gasteiger partial charge in [0, 0.05) is 30.9 Å². The highest BCUT2D eigenvalue weighted by atomic mass is 16.5. The molecule has 4 heterocycles. The van der Waals surface area contributed by atoms with Crippen molar-refractivity contribution < 1.29 is 14.3 Å². The first-order valence-electron chi connectivity index (χ1n) is 15.3. The van der Waals surface area contributed by atoms with Gasteiger partial charge in [0.05, 0.1) is 25.0 Å². The van der Waals surface area contributed by atoms with Gasteiger partial charge in [-0.15, -0.1) is 0 Å². The number of H-pyrrole nitrogens is 1. The number of amides is 2. The third-order valence-corrected chi connectivity index (χ3v) is 8.84. The topological polar surface area (TPSA) is 112 Å². The number of nitrogens with one attached hydrogen (secondary N) is 3. The Hall–Kier alpha value is -4.24. The SMILES string of the molecule is COC(=O)N[C@H](C(=O)N1CCCC1c1ncc(-c2ccc(-c3ccc(C4=CN=C([C@@H]5CCCN5)C4)cc3)cc2)[nH]1)C(C)C. The Bertz CT molecular complexity index is 1520. The quantitative estimate of drug-likeness (QED) is 0.315. The van der Waals surface area contributed by atoms with E-state index in [4.69, 9.17) is 9.73 Å². The number of hydrogen-bond acceptors (Lipinski definition) is 6. The molecule has 0 spiro atoms. The van der Waals surface area contributed by atoms with Crippen LogP contribution in [0.25, 0.3) is 28.0 Å². The average molecular weight is 581 g/mol. The molecule has 2 saturated heterocycles. The molecule has 3 aromatic rings. The van der Waals surface area contributed by atoms with E-state index in [0.717, 1.165) is 54.0 Å². The van der Waals surface area contributed by atoms with E-state index in [9.17, 15) is 9.59 Å². The number of nitrogens with zero attached hydrogens (tertiary/aromatic N) is 3.